The van der Waals surface area contributed by atoms with Crippen LogP contribution in [0.2, 0.25) is 0 Å². The lowest BCUT2D eigenvalue weighted by Crippen LogP contribution is -2.36. The van der Waals surface area contributed by atoms with Gasteiger partial charge in [0, 0.05) is 19.3 Å². The average Bonchev–Trinajstić information content (AvgIpc) is 2.29. The van der Waals surface area contributed by atoms with Crippen LogP contribution in [0.5, 0.6) is 0 Å². The summed E-state index contributed by atoms with van der Waals surface area (Å²) in [6, 6.07) is 7.11. The molecule has 5 heteroatoms. The summed E-state index contributed by atoms with van der Waals surface area (Å²) < 4.78 is 28.5. The number of morpholine rings is 1. The second-order valence-electron chi connectivity index (χ2n) is 3.84. The van der Waals surface area contributed by atoms with E-state index in [9.17, 15) is 8.42 Å². The maximum atomic E-state index is 11.6. The van der Waals surface area contributed by atoms with Crippen LogP contribution in [0.15, 0.2) is 29.2 Å². The van der Waals surface area contributed by atoms with E-state index in [1.165, 1.54) is 6.26 Å². The number of sulfone groups is 1. The summed E-state index contributed by atoms with van der Waals surface area (Å²) in [6.07, 6.45) is 1.24. The molecule has 2 rings (SSSR count). The molecule has 1 fully saturated rings. The fourth-order valence-corrected chi connectivity index (χ4v) is 2.74. The molecule has 16 heavy (non-hydrogen) atoms. The zero-order valence-corrected chi connectivity index (χ0v) is 10.0. The number of para-hydroxylation sites is 1. The number of rotatable bonds is 2. The summed E-state index contributed by atoms with van der Waals surface area (Å²) in [4.78, 5) is 2.46. The summed E-state index contributed by atoms with van der Waals surface area (Å²) in [5, 5.41) is 0. The first-order valence-electron chi connectivity index (χ1n) is 5.21. The van der Waals surface area contributed by atoms with Crippen LogP contribution in [0.1, 0.15) is 0 Å². The molecule has 0 spiro atoms. The van der Waals surface area contributed by atoms with Crippen molar-refractivity contribution in [1.29, 1.82) is 0 Å². The zero-order chi connectivity index (χ0) is 11.6. The quantitative estimate of drug-likeness (QED) is 0.772. The third-order valence-corrected chi connectivity index (χ3v) is 3.76. The van der Waals surface area contributed by atoms with E-state index in [1.807, 2.05) is 12.1 Å². The van der Waals surface area contributed by atoms with Gasteiger partial charge in [0.25, 0.3) is 0 Å². The van der Waals surface area contributed by atoms with Crippen molar-refractivity contribution in [3.8, 4) is 0 Å². The van der Waals surface area contributed by atoms with Crippen LogP contribution in [0.4, 0.5) is 5.69 Å². The van der Waals surface area contributed by atoms with E-state index in [0.29, 0.717) is 18.1 Å². The van der Waals surface area contributed by atoms with E-state index < -0.39 is 9.84 Å². The Morgan fingerprint density at radius 3 is 2.44 bits per heavy atom. The van der Waals surface area contributed by atoms with Crippen LogP contribution in [-0.4, -0.2) is 41.0 Å². The van der Waals surface area contributed by atoms with E-state index in [4.69, 9.17) is 4.74 Å². The Labute approximate surface area is 95.7 Å². The van der Waals surface area contributed by atoms with Gasteiger partial charge >= 0.3 is 0 Å². The second-order valence-corrected chi connectivity index (χ2v) is 5.82. The van der Waals surface area contributed by atoms with E-state index in [1.54, 1.807) is 12.1 Å². The van der Waals surface area contributed by atoms with Crippen molar-refractivity contribution in [2.75, 3.05) is 37.5 Å². The van der Waals surface area contributed by atoms with Gasteiger partial charge in [0.1, 0.15) is 0 Å². The largest absolute Gasteiger partial charge is 0.378 e. The van der Waals surface area contributed by atoms with Crippen molar-refractivity contribution in [2.45, 2.75) is 4.90 Å². The standard InChI is InChI=1S/C11H15NO3S/c1-16(13,14)11-5-3-2-4-10(11)12-6-8-15-9-7-12/h2-5H,6-9H2,1H3. The first-order valence-corrected chi connectivity index (χ1v) is 7.10. The molecule has 0 aromatic heterocycles. The SMILES string of the molecule is CS(=O)(=O)c1ccccc1N1CCOCC1. The van der Waals surface area contributed by atoms with Gasteiger partial charge < -0.3 is 9.64 Å². The number of ether oxygens (including phenoxy) is 1. The molecule has 1 aliphatic rings. The molecule has 0 aliphatic carbocycles. The van der Waals surface area contributed by atoms with Gasteiger partial charge in [-0.2, -0.15) is 0 Å². The summed E-state index contributed by atoms with van der Waals surface area (Å²) in [7, 11) is -3.17. The highest BCUT2D eigenvalue weighted by molar-refractivity contribution is 7.90. The van der Waals surface area contributed by atoms with Gasteiger partial charge in [0.15, 0.2) is 9.84 Å². The Morgan fingerprint density at radius 2 is 1.81 bits per heavy atom. The van der Waals surface area contributed by atoms with Gasteiger partial charge in [-0.1, -0.05) is 12.1 Å². The minimum Gasteiger partial charge on any atom is -0.378 e. The van der Waals surface area contributed by atoms with Gasteiger partial charge in [0.2, 0.25) is 0 Å². The fraction of sp³-hybridized carbons (Fsp3) is 0.455. The lowest BCUT2D eigenvalue weighted by atomic mass is 10.2. The molecular formula is C11H15NO3S. The molecule has 1 aromatic carbocycles. The van der Waals surface area contributed by atoms with Crippen LogP contribution >= 0.6 is 0 Å². The second kappa shape index (κ2) is 4.43. The van der Waals surface area contributed by atoms with Crippen LogP contribution in [0.25, 0.3) is 0 Å². The Morgan fingerprint density at radius 1 is 1.19 bits per heavy atom. The molecule has 0 bridgehead atoms. The van der Waals surface area contributed by atoms with Crippen molar-refractivity contribution in [2.24, 2.45) is 0 Å². The Bertz CT molecular complexity index is 464. The first kappa shape index (κ1) is 11.4. The van der Waals surface area contributed by atoms with Crippen LogP contribution in [0, 0.1) is 0 Å². The monoisotopic (exact) mass is 241 g/mol. The molecule has 0 atom stereocenters. The number of hydrogen-bond acceptors (Lipinski definition) is 4. The number of nitrogens with zero attached hydrogens (tertiary/aromatic N) is 1. The van der Waals surface area contributed by atoms with Gasteiger partial charge in [0.05, 0.1) is 23.8 Å². The van der Waals surface area contributed by atoms with E-state index in [-0.39, 0.29) is 0 Å². The zero-order valence-electron chi connectivity index (χ0n) is 9.22. The molecular weight excluding hydrogens is 226 g/mol. The molecule has 1 aliphatic heterocycles. The van der Waals surface area contributed by atoms with Crippen molar-refractivity contribution in [3.63, 3.8) is 0 Å². The minimum absolute atomic E-state index is 0.400. The summed E-state index contributed by atoms with van der Waals surface area (Å²) in [6.45, 7) is 2.79. The predicted molar refractivity (Wildman–Crippen MR) is 62.6 cm³/mol. The summed E-state index contributed by atoms with van der Waals surface area (Å²) in [5.41, 5.74) is 0.785. The van der Waals surface area contributed by atoms with Crippen LogP contribution in [-0.2, 0) is 14.6 Å². The predicted octanol–water partition coefficient (Wildman–Crippen LogP) is 0.927. The highest BCUT2D eigenvalue weighted by atomic mass is 32.2. The molecule has 88 valence electrons. The van der Waals surface area contributed by atoms with Crippen LogP contribution < -0.4 is 4.90 Å². The van der Waals surface area contributed by atoms with Crippen molar-refractivity contribution < 1.29 is 13.2 Å². The molecule has 1 aromatic rings. The third kappa shape index (κ3) is 2.36. The number of benzene rings is 1. The molecule has 0 radical (unpaired) electrons. The molecule has 0 unspecified atom stereocenters. The van der Waals surface area contributed by atoms with Gasteiger partial charge in [-0.05, 0) is 12.1 Å². The highest BCUT2D eigenvalue weighted by Crippen LogP contribution is 2.25. The molecule has 1 saturated heterocycles. The molecule has 4 nitrogen and oxygen atoms in total. The van der Waals surface area contributed by atoms with Crippen molar-refractivity contribution >= 4 is 15.5 Å². The third-order valence-electron chi connectivity index (χ3n) is 2.62. The lowest BCUT2D eigenvalue weighted by molar-refractivity contribution is 0.122. The summed E-state index contributed by atoms with van der Waals surface area (Å²) in [5.74, 6) is 0. The molecule has 1 heterocycles. The van der Waals surface area contributed by atoms with Gasteiger partial charge in [-0.25, -0.2) is 8.42 Å². The van der Waals surface area contributed by atoms with Gasteiger partial charge in [-0.15, -0.1) is 0 Å². The van der Waals surface area contributed by atoms with Crippen molar-refractivity contribution in [1.82, 2.24) is 0 Å². The number of hydrogen-bond donors (Lipinski definition) is 0. The van der Waals surface area contributed by atoms with E-state index in [2.05, 4.69) is 4.90 Å². The number of anilines is 1. The molecule has 0 N–H and O–H groups in total. The van der Waals surface area contributed by atoms with Crippen LogP contribution in [0.3, 0.4) is 0 Å². The smallest absolute Gasteiger partial charge is 0.177 e. The minimum atomic E-state index is -3.17. The highest BCUT2D eigenvalue weighted by Gasteiger charge is 2.19. The van der Waals surface area contributed by atoms with Crippen molar-refractivity contribution in [3.05, 3.63) is 24.3 Å². The maximum Gasteiger partial charge on any atom is 0.177 e. The maximum absolute atomic E-state index is 11.6. The fourth-order valence-electron chi connectivity index (χ4n) is 1.84. The Kier molecular flexibility index (Phi) is 3.16. The Balaban J connectivity index is 2.40. The average molecular weight is 241 g/mol. The molecule has 0 saturated carbocycles. The Hall–Kier alpha value is -1.07. The molecule has 0 amide bonds. The first-order chi connectivity index (χ1) is 7.59. The normalized spacial score (nSPS) is 17.4. The summed E-state index contributed by atoms with van der Waals surface area (Å²) >= 11 is 0. The van der Waals surface area contributed by atoms with E-state index >= 15 is 0 Å². The van der Waals surface area contributed by atoms with Gasteiger partial charge in [-0.3, -0.25) is 0 Å². The lowest BCUT2D eigenvalue weighted by Gasteiger charge is -2.30. The van der Waals surface area contributed by atoms with E-state index in [0.717, 1.165) is 18.8 Å². The topological polar surface area (TPSA) is 46.6 Å².